The zero-order valence-corrected chi connectivity index (χ0v) is 12.2. The third-order valence-electron chi connectivity index (χ3n) is 2.74. The first kappa shape index (κ1) is 15.0. The number of hydrogen-bond acceptors (Lipinski definition) is 3. The Balaban J connectivity index is 1.69. The van der Waals surface area contributed by atoms with E-state index in [1.54, 1.807) is 0 Å². The molecule has 21 heavy (non-hydrogen) atoms. The Kier molecular flexibility index (Phi) is 5.72. The number of benzene rings is 2. The van der Waals surface area contributed by atoms with Crippen molar-refractivity contribution in [3.63, 3.8) is 0 Å². The number of hydrogen-bond donors (Lipinski definition) is 2. The average Bonchev–Trinajstić information content (AvgIpc) is 2.53. The molecule has 0 spiro atoms. The van der Waals surface area contributed by atoms with E-state index in [1.165, 1.54) is 0 Å². The lowest BCUT2D eigenvalue weighted by atomic mass is 10.2. The highest BCUT2D eigenvalue weighted by Gasteiger charge is 2.06. The summed E-state index contributed by atoms with van der Waals surface area (Å²) in [5.74, 6) is 0. The second-order valence-corrected chi connectivity index (χ2v) is 4.73. The van der Waals surface area contributed by atoms with Gasteiger partial charge in [-0.2, -0.15) is 0 Å². The van der Waals surface area contributed by atoms with E-state index in [0.29, 0.717) is 13.1 Å². The fourth-order valence-corrected chi connectivity index (χ4v) is 1.84. The van der Waals surface area contributed by atoms with Gasteiger partial charge in [0.15, 0.2) is 0 Å². The maximum atomic E-state index is 11.6. The van der Waals surface area contributed by atoms with Crippen LogP contribution in [0.4, 0.5) is 4.79 Å². The fraction of sp³-hybridized carbons (Fsp3) is 0.125. The summed E-state index contributed by atoms with van der Waals surface area (Å²) in [5.41, 5.74) is 2.06. The van der Waals surface area contributed by atoms with Gasteiger partial charge in [-0.25, -0.2) is 4.79 Å². The van der Waals surface area contributed by atoms with Crippen LogP contribution < -0.4 is 10.6 Å². The topological polar surface area (TPSA) is 50.4 Å². The largest absolute Gasteiger partial charge is 0.414 e. The predicted octanol–water partition coefficient (Wildman–Crippen LogP) is 2.99. The molecule has 4 nitrogen and oxygen atoms in total. The van der Waals surface area contributed by atoms with Gasteiger partial charge in [0.05, 0.1) is 0 Å². The monoisotopic (exact) mass is 300 g/mol. The van der Waals surface area contributed by atoms with Crippen molar-refractivity contribution in [1.82, 2.24) is 10.6 Å². The lowest BCUT2D eigenvalue weighted by Crippen LogP contribution is -2.32. The third-order valence-corrected chi connectivity index (χ3v) is 2.97. The first-order valence-corrected chi connectivity index (χ1v) is 6.96. The summed E-state index contributed by atoms with van der Waals surface area (Å²) in [7, 11) is 0. The van der Waals surface area contributed by atoms with Crippen molar-refractivity contribution in [3.05, 3.63) is 71.8 Å². The maximum Gasteiger partial charge on any atom is 0.414 e. The quantitative estimate of drug-likeness (QED) is 0.852. The molecular formula is C16H16N2O2S. The lowest BCUT2D eigenvalue weighted by molar-refractivity contribution is 0.196. The molecule has 0 saturated carbocycles. The van der Waals surface area contributed by atoms with Crippen LogP contribution in [-0.2, 0) is 17.8 Å². The van der Waals surface area contributed by atoms with Crippen LogP contribution in [0.3, 0.4) is 0 Å². The molecule has 0 unspecified atom stereocenters. The number of carbonyl (C=O) groups excluding carboxylic acids is 1. The number of nitrogens with one attached hydrogen (secondary N) is 2. The molecule has 2 aromatic rings. The van der Waals surface area contributed by atoms with Gasteiger partial charge in [0.2, 0.25) is 0 Å². The van der Waals surface area contributed by atoms with Gasteiger partial charge in [0, 0.05) is 13.1 Å². The smallest absolute Gasteiger partial charge is 0.383 e. The van der Waals surface area contributed by atoms with Crippen molar-refractivity contribution in [2.24, 2.45) is 0 Å². The number of rotatable bonds is 4. The zero-order valence-electron chi connectivity index (χ0n) is 11.4. The Morgan fingerprint density at radius 2 is 1.33 bits per heavy atom. The maximum absolute atomic E-state index is 11.6. The van der Waals surface area contributed by atoms with Gasteiger partial charge in [-0.1, -0.05) is 60.7 Å². The van der Waals surface area contributed by atoms with Crippen molar-refractivity contribution in [2.75, 3.05) is 0 Å². The minimum absolute atomic E-state index is 0.0596. The van der Waals surface area contributed by atoms with Crippen LogP contribution in [0, 0.1) is 0 Å². The van der Waals surface area contributed by atoms with Crippen molar-refractivity contribution < 1.29 is 9.53 Å². The van der Waals surface area contributed by atoms with Crippen LogP contribution in [0.2, 0.25) is 0 Å². The molecule has 108 valence electrons. The van der Waals surface area contributed by atoms with Crippen molar-refractivity contribution in [3.8, 4) is 0 Å². The molecular weight excluding hydrogens is 284 g/mol. The highest BCUT2D eigenvalue weighted by atomic mass is 32.1. The summed E-state index contributed by atoms with van der Waals surface area (Å²) in [6.45, 7) is 0.923. The van der Waals surface area contributed by atoms with E-state index in [4.69, 9.17) is 17.0 Å². The van der Waals surface area contributed by atoms with Crippen LogP contribution in [0.15, 0.2) is 60.7 Å². The van der Waals surface area contributed by atoms with Gasteiger partial charge >= 0.3 is 6.09 Å². The molecule has 0 atom stereocenters. The summed E-state index contributed by atoms with van der Waals surface area (Å²) < 4.78 is 4.96. The average molecular weight is 300 g/mol. The van der Waals surface area contributed by atoms with Gasteiger partial charge in [-0.05, 0) is 23.3 Å². The molecule has 1 amide bonds. The molecule has 0 bridgehead atoms. The molecule has 0 fully saturated rings. The van der Waals surface area contributed by atoms with Crippen LogP contribution >= 0.6 is 12.2 Å². The molecule has 2 N–H and O–H groups in total. The van der Waals surface area contributed by atoms with E-state index >= 15 is 0 Å². The second-order valence-electron chi connectivity index (χ2n) is 4.36. The lowest BCUT2D eigenvalue weighted by Gasteiger charge is -2.09. The van der Waals surface area contributed by atoms with Gasteiger partial charge in [-0.3, -0.25) is 0 Å². The van der Waals surface area contributed by atoms with Gasteiger partial charge in [-0.15, -0.1) is 0 Å². The Morgan fingerprint density at radius 3 is 1.86 bits per heavy atom. The SMILES string of the molecule is O=C(NCc1ccccc1)OC(=S)NCc1ccccc1. The molecule has 5 heteroatoms. The van der Waals surface area contributed by atoms with Gasteiger partial charge < -0.3 is 15.4 Å². The summed E-state index contributed by atoms with van der Waals surface area (Å²) in [6, 6.07) is 19.3. The molecule has 0 aliphatic carbocycles. The molecule has 0 aliphatic rings. The van der Waals surface area contributed by atoms with E-state index in [1.807, 2.05) is 60.7 Å². The second kappa shape index (κ2) is 8.01. The Morgan fingerprint density at radius 1 is 0.857 bits per heavy atom. The highest BCUT2D eigenvalue weighted by Crippen LogP contribution is 1.99. The number of thiocarbonyl (C=S) groups is 1. The van der Waals surface area contributed by atoms with Crippen LogP contribution in [-0.4, -0.2) is 11.3 Å². The standard InChI is InChI=1S/C16H16N2O2S/c19-15(17-11-13-7-3-1-4-8-13)20-16(21)18-12-14-9-5-2-6-10-14/h1-10H,11-12H2,(H,17,19)(H,18,21). The van der Waals surface area contributed by atoms with Gasteiger partial charge in [0.1, 0.15) is 0 Å². The Bertz CT molecular complexity index is 534. The molecule has 0 aliphatic heterocycles. The summed E-state index contributed by atoms with van der Waals surface area (Å²) in [4.78, 5) is 11.6. The minimum atomic E-state index is -0.565. The summed E-state index contributed by atoms with van der Waals surface area (Å²) >= 11 is 4.97. The Hall–Kier alpha value is -2.40. The van der Waals surface area contributed by atoms with Crippen molar-refractivity contribution in [2.45, 2.75) is 13.1 Å². The third kappa shape index (κ3) is 5.62. The molecule has 0 radical (unpaired) electrons. The molecule has 0 heterocycles. The normalized spacial score (nSPS) is 9.71. The van der Waals surface area contributed by atoms with Crippen molar-refractivity contribution >= 4 is 23.5 Å². The zero-order chi connectivity index (χ0) is 14.9. The van der Waals surface area contributed by atoms with Gasteiger partial charge in [0.25, 0.3) is 5.17 Å². The Labute approximate surface area is 129 Å². The van der Waals surface area contributed by atoms with E-state index < -0.39 is 6.09 Å². The molecule has 0 aromatic heterocycles. The number of amides is 1. The van der Waals surface area contributed by atoms with E-state index in [-0.39, 0.29) is 5.17 Å². The van der Waals surface area contributed by atoms with Crippen LogP contribution in [0.25, 0.3) is 0 Å². The number of alkyl carbamates (subject to hydrolysis) is 1. The number of ether oxygens (including phenoxy) is 1. The number of carbonyl (C=O) groups is 1. The first-order chi connectivity index (χ1) is 10.2. The highest BCUT2D eigenvalue weighted by molar-refractivity contribution is 7.80. The molecule has 2 rings (SSSR count). The minimum Gasteiger partial charge on any atom is -0.383 e. The van der Waals surface area contributed by atoms with Crippen LogP contribution in [0.5, 0.6) is 0 Å². The predicted molar refractivity (Wildman–Crippen MR) is 85.6 cm³/mol. The van der Waals surface area contributed by atoms with E-state index in [2.05, 4.69) is 10.6 Å². The molecule has 2 aromatic carbocycles. The first-order valence-electron chi connectivity index (χ1n) is 6.55. The van der Waals surface area contributed by atoms with E-state index in [0.717, 1.165) is 11.1 Å². The summed E-state index contributed by atoms with van der Waals surface area (Å²) in [5, 5.41) is 5.58. The van der Waals surface area contributed by atoms with E-state index in [9.17, 15) is 4.79 Å². The summed E-state index contributed by atoms with van der Waals surface area (Å²) in [6.07, 6.45) is -0.565. The molecule has 0 saturated heterocycles. The van der Waals surface area contributed by atoms with Crippen LogP contribution in [0.1, 0.15) is 11.1 Å². The van der Waals surface area contributed by atoms with Crippen molar-refractivity contribution in [1.29, 1.82) is 0 Å². The fourth-order valence-electron chi connectivity index (χ4n) is 1.70.